The molecular weight excluding hydrogens is 114 g/mol. The van der Waals surface area contributed by atoms with Crippen LogP contribution < -0.4 is 5.32 Å². The molecule has 0 saturated carbocycles. The Kier molecular flexibility index (Phi) is 1.42. The van der Waals surface area contributed by atoms with Crippen molar-refractivity contribution in [1.29, 1.82) is 0 Å². The zero-order chi connectivity index (χ0) is 6.85. The minimum Gasteiger partial charge on any atom is -0.385 e. The molecule has 0 atom stereocenters. The van der Waals surface area contributed by atoms with Crippen LogP contribution in [0.1, 0.15) is 5.69 Å². The van der Waals surface area contributed by atoms with Crippen LogP contribution >= 0.6 is 0 Å². The molecule has 1 heterocycles. The standard InChI is InChI=1S/C6H11N3/c1-5-6(7-2)4-9(3)8-5/h4,7H,1-3H3. The fourth-order valence-electron chi connectivity index (χ4n) is 0.845. The van der Waals surface area contributed by atoms with Crippen molar-refractivity contribution in [2.45, 2.75) is 6.92 Å². The first-order valence-electron chi connectivity index (χ1n) is 2.92. The van der Waals surface area contributed by atoms with E-state index in [2.05, 4.69) is 10.4 Å². The van der Waals surface area contributed by atoms with Crippen molar-refractivity contribution in [1.82, 2.24) is 9.78 Å². The number of aryl methyl sites for hydroxylation is 2. The summed E-state index contributed by atoms with van der Waals surface area (Å²) < 4.78 is 1.79. The van der Waals surface area contributed by atoms with Crippen LogP contribution in [0.3, 0.4) is 0 Å². The van der Waals surface area contributed by atoms with Gasteiger partial charge < -0.3 is 5.32 Å². The van der Waals surface area contributed by atoms with Gasteiger partial charge in [-0.2, -0.15) is 5.10 Å². The molecule has 50 valence electrons. The van der Waals surface area contributed by atoms with Crippen molar-refractivity contribution in [3.05, 3.63) is 11.9 Å². The summed E-state index contributed by atoms with van der Waals surface area (Å²) in [6.07, 6.45) is 1.95. The van der Waals surface area contributed by atoms with E-state index in [0.717, 1.165) is 11.4 Å². The molecule has 0 unspecified atom stereocenters. The smallest absolute Gasteiger partial charge is 0.0824 e. The van der Waals surface area contributed by atoms with Crippen molar-refractivity contribution >= 4 is 5.69 Å². The maximum absolute atomic E-state index is 4.14. The van der Waals surface area contributed by atoms with Crippen LogP contribution in [0.4, 0.5) is 5.69 Å². The number of hydrogen-bond donors (Lipinski definition) is 1. The molecule has 3 heteroatoms. The van der Waals surface area contributed by atoms with Gasteiger partial charge in [0.05, 0.1) is 11.4 Å². The lowest BCUT2D eigenvalue weighted by Crippen LogP contribution is -1.86. The van der Waals surface area contributed by atoms with E-state index in [-0.39, 0.29) is 0 Å². The predicted molar refractivity (Wildman–Crippen MR) is 37.5 cm³/mol. The summed E-state index contributed by atoms with van der Waals surface area (Å²) >= 11 is 0. The quantitative estimate of drug-likeness (QED) is 0.600. The molecule has 9 heavy (non-hydrogen) atoms. The number of rotatable bonds is 1. The Morgan fingerprint density at radius 2 is 2.33 bits per heavy atom. The second kappa shape index (κ2) is 2.09. The molecular formula is C6H11N3. The van der Waals surface area contributed by atoms with Gasteiger partial charge >= 0.3 is 0 Å². The molecule has 0 radical (unpaired) electrons. The molecule has 0 aliphatic heterocycles. The third-order valence-electron chi connectivity index (χ3n) is 1.28. The minimum absolute atomic E-state index is 1.04. The van der Waals surface area contributed by atoms with Gasteiger partial charge in [0.15, 0.2) is 0 Å². The first kappa shape index (κ1) is 6.13. The summed E-state index contributed by atoms with van der Waals surface area (Å²) in [6, 6.07) is 0. The molecule has 0 spiro atoms. The van der Waals surface area contributed by atoms with E-state index in [9.17, 15) is 0 Å². The number of nitrogens with one attached hydrogen (secondary N) is 1. The third kappa shape index (κ3) is 1.04. The highest BCUT2D eigenvalue weighted by Gasteiger charge is 1.96. The zero-order valence-corrected chi connectivity index (χ0v) is 5.97. The number of aromatic nitrogens is 2. The molecule has 1 N–H and O–H groups in total. The van der Waals surface area contributed by atoms with Gasteiger partial charge in [0.1, 0.15) is 0 Å². The second-order valence-corrected chi connectivity index (χ2v) is 2.05. The topological polar surface area (TPSA) is 29.9 Å². The van der Waals surface area contributed by atoms with Crippen LogP contribution in [0.2, 0.25) is 0 Å². The van der Waals surface area contributed by atoms with Crippen molar-refractivity contribution < 1.29 is 0 Å². The van der Waals surface area contributed by atoms with Gasteiger partial charge in [0, 0.05) is 20.3 Å². The van der Waals surface area contributed by atoms with Gasteiger partial charge in [-0.3, -0.25) is 4.68 Å². The lowest BCUT2D eigenvalue weighted by atomic mass is 10.4. The summed E-state index contributed by atoms with van der Waals surface area (Å²) in [4.78, 5) is 0. The monoisotopic (exact) mass is 125 g/mol. The van der Waals surface area contributed by atoms with Crippen LogP contribution in [-0.4, -0.2) is 16.8 Å². The van der Waals surface area contributed by atoms with Gasteiger partial charge in [-0.15, -0.1) is 0 Å². The summed E-state index contributed by atoms with van der Waals surface area (Å²) in [6.45, 7) is 1.98. The van der Waals surface area contributed by atoms with Crippen molar-refractivity contribution in [2.24, 2.45) is 7.05 Å². The number of anilines is 1. The molecule has 0 fully saturated rings. The highest BCUT2D eigenvalue weighted by Crippen LogP contribution is 2.08. The average molecular weight is 125 g/mol. The average Bonchev–Trinajstić information content (AvgIpc) is 2.10. The van der Waals surface area contributed by atoms with E-state index in [4.69, 9.17) is 0 Å². The van der Waals surface area contributed by atoms with E-state index in [1.807, 2.05) is 27.2 Å². The first-order valence-corrected chi connectivity index (χ1v) is 2.92. The number of nitrogens with zero attached hydrogens (tertiary/aromatic N) is 2. The van der Waals surface area contributed by atoms with E-state index in [1.54, 1.807) is 4.68 Å². The van der Waals surface area contributed by atoms with E-state index in [0.29, 0.717) is 0 Å². The Hall–Kier alpha value is -0.990. The van der Waals surface area contributed by atoms with Crippen LogP contribution in [0.5, 0.6) is 0 Å². The molecule has 3 nitrogen and oxygen atoms in total. The third-order valence-corrected chi connectivity index (χ3v) is 1.28. The minimum atomic E-state index is 1.04. The maximum atomic E-state index is 4.14. The van der Waals surface area contributed by atoms with Gasteiger partial charge in [0.2, 0.25) is 0 Å². The van der Waals surface area contributed by atoms with Crippen LogP contribution in [0.25, 0.3) is 0 Å². The van der Waals surface area contributed by atoms with Gasteiger partial charge in [0.25, 0.3) is 0 Å². The molecule has 0 aromatic carbocycles. The van der Waals surface area contributed by atoms with Crippen LogP contribution in [0, 0.1) is 6.92 Å². The Balaban J connectivity index is 3.01. The van der Waals surface area contributed by atoms with Crippen molar-refractivity contribution in [3.8, 4) is 0 Å². The zero-order valence-electron chi connectivity index (χ0n) is 5.97. The molecule has 0 bridgehead atoms. The molecule has 0 aliphatic carbocycles. The Morgan fingerprint density at radius 1 is 1.67 bits per heavy atom. The lowest BCUT2D eigenvalue weighted by Gasteiger charge is -1.90. The van der Waals surface area contributed by atoms with Gasteiger partial charge in [-0.05, 0) is 6.92 Å². The van der Waals surface area contributed by atoms with Crippen molar-refractivity contribution in [3.63, 3.8) is 0 Å². The van der Waals surface area contributed by atoms with Crippen LogP contribution in [0.15, 0.2) is 6.20 Å². The lowest BCUT2D eigenvalue weighted by molar-refractivity contribution is 0.756. The van der Waals surface area contributed by atoms with E-state index in [1.165, 1.54) is 0 Å². The Bertz CT molecular complexity index is 202. The first-order chi connectivity index (χ1) is 4.24. The maximum Gasteiger partial charge on any atom is 0.0824 e. The van der Waals surface area contributed by atoms with Gasteiger partial charge in [-0.1, -0.05) is 0 Å². The Morgan fingerprint density at radius 3 is 2.56 bits per heavy atom. The van der Waals surface area contributed by atoms with E-state index < -0.39 is 0 Å². The normalized spacial score (nSPS) is 9.67. The molecule has 0 aliphatic rings. The highest BCUT2D eigenvalue weighted by atomic mass is 15.3. The Labute approximate surface area is 54.7 Å². The number of hydrogen-bond acceptors (Lipinski definition) is 2. The van der Waals surface area contributed by atoms with E-state index >= 15 is 0 Å². The molecule has 1 rings (SSSR count). The summed E-state index contributed by atoms with van der Waals surface area (Å²) in [7, 11) is 3.80. The summed E-state index contributed by atoms with van der Waals surface area (Å²) in [5.41, 5.74) is 2.14. The molecule has 0 amide bonds. The SMILES string of the molecule is CNc1cn(C)nc1C. The molecule has 1 aromatic rings. The molecule has 1 aromatic heterocycles. The van der Waals surface area contributed by atoms with Crippen molar-refractivity contribution in [2.75, 3.05) is 12.4 Å². The van der Waals surface area contributed by atoms with Gasteiger partial charge in [-0.25, -0.2) is 0 Å². The van der Waals surface area contributed by atoms with Crippen LogP contribution in [-0.2, 0) is 7.05 Å². The fourth-order valence-corrected chi connectivity index (χ4v) is 0.845. The second-order valence-electron chi connectivity index (χ2n) is 2.05. The highest BCUT2D eigenvalue weighted by molar-refractivity contribution is 5.44. The summed E-state index contributed by atoms with van der Waals surface area (Å²) in [5.74, 6) is 0. The summed E-state index contributed by atoms with van der Waals surface area (Å²) in [5, 5.41) is 7.17. The predicted octanol–water partition coefficient (Wildman–Crippen LogP) is 0.770. The fraction of sp³-hybridized carbons (Fsp3) is 0.500. The largest absolute Gasteiger partial charge is 0.385 e. The molecule has 0 saturated heterocycles.